The zero-order valence-corrected chi connectivity index (χ0v) is 16.5. The lowest BCUT2D eigenvalue weighted by atomic mass is 10.1. The van der Waals surface area contributed by atoms with E-state index in [0.717, 1.165) is 22.3 Å². The minimum atomic E-state index is 0.0793. The van der Waals surface area contributed by atoms with Gasteiger partial charge in [-0.1, -0.05) is 10.7 Å². The van der Waals surface area contributed by atoms with Gasteiger partial charge in [0.2, 0.25) is 0 Å². The Hall–Kier alpha value is -4.04. The third kappa shape index (κ3) is 2.90. The van der Waals surface area contributed by atoms with Crippen molar-refractivity contribution in [3.05, 3.63) is 67.1 Å². The van der Waals surface area contributed by atoms with Crippen LogP contribution in [0, 0.1) is 0 Å². The molecule has 2 aliphatic heterocycles. The van der Waals surface area contributed by atoms with Gasteiger partial charge < -0.3 is 14.8 Å². The Morgan fingerprint density at radius 2 is 1.80 bits per heavy atom. The molecule has 0 radical (unpaired) electrons. The van der Waals surface area contributed by atoms with E-state index in [-0.39, 0.29) is 4.59 Å². The van der Waals surface area contributed by atoms with E-state index >= 15 is 0 Å². The van der Waals surface area contributed by atoms with Gasteiger partial charge in [-0.3, -0.25) is 9.98 Å². The number of methoxy groups -OCH3 is 2. The lowest BCUT2D eigenvalue weighted by molar-refractivity contribution is 0.395. The number of anilines is 1. The number of ether oxygens (including phenoxy) is 2. The quantitative estimate of drug-likeness (QED) is 0.675. The molecule has 1 unspecified atom stereocenters. The van der Waals surface area contributed by atoms with E-state index in [0.29, 0.717) is 23.3 Å². The highest BCUT2D eigenvalue weighted by Crippen LogP contribution is 2.36. The molecule has 0 bridgehead atoms. The molecule has 2 aromatic carbocycles. The summed E-state index contributed by atoms with van der Waals surface area (Å²) in [6.45, 7) is 0. The smallest absolute Gasteiger partial charge is 0.287 e. The van der Waals surface area contributed by atoms with Gasteiger partial charge in [-0.15, -0.1) is 0 Å². The first-order chi connectivity index (χ1) is 14.7. The Bertz CT molecular complexity index is 1240. The average molecular weight is 399 g/mol. The van der Waals surface area contributed by atoms with E-state index in [1.807, 2.05) is 54.7 Å². The molecule has 3 heterocycles. The van der Waals surface area contributed by atoms with Gasteiger partial charge in [0.05, 0.1) is 31.3 Å². The Morgan fingerprint density at radius 1 is 0.967 bits per heavy atom. The SMILES string of the molecule is COc1cc(NC2=N[N+]3(c4cccc5ncccc45)C=CN=CC3=N2)cc(OC)c1. The molecule has 1 atom stereocenters. The molecule has 0 saturated carbocycles. The summed E-state index contributed by atoms with van der Waals surface area (Å²) in [6.07, 6.45) is 7.14. The second-order valence-electron chi connectivity index (χ2n) is 6.73. The van der Waals surface area contributed by atoms with Gasteiger partial charge in [0, 0.05) is 36.1 Å². The predicted molar refractivity (Wildman–Crippen MR) is 119 cm³/mol. The van der Waals surface area contributed by atoms with Crippen molar-refractivity contribution in [3.63, 3.8) is 0 Å². The van der Waals surface area contributed by atoms with Gasteiger partial charge in [0.1, 0.15) is 17.7 Å². The zero-order chi connectivity index (χ0) is 20.6. The molecule has 8 heteroatoms. The fourth-order valence-corrected chi connectivity index (χ4v) is 3.58. The van der Waals surface area contributed by atoms with Crippen molar-refractivity contribution in [1.29, 1.82) is 0 Å². The third-order valence-electron chi connectivity index (χ3n) is 4.98. The summed E-state index contributed by atoms with van der Waals surface area (Å²) >= 11 is 0. The lowest BCUT2D eigenvalue weighted by Gasteiger charge is -2.24. The predicted octanol–water partition coefficient (Wildman–Crippen LogP) is 3.91. The number of pyridine rings is 1. The number of nitrogens with one attached hydrogen (secondary N) is 1. The summed E-state index contributed by atoms with van der Waals surface area (Å²) in [6, 6.07) is 15.5. The van der Waals surface area contributed by atoms with Crippen LogP contribution in [-0.4, -0.2) is 37.2 Å². The van der Waals surface area contributed by atoms with E-state index in [1.54, 1.807) is 32.8 Å². The molecule has 5 rings (SSSR count). The van der Waals surface area contributed by atoms with Crippen LogP contribution in [0.3, 0.4) is 0 Å². The summed E-state index contributed by atoms with van der Waals surface area (Å²) in [7, 11) is 3.23. The zero-order valence-electron chi connectivity index (χ0n) is 16.5. The van der Waals surface area contributed by atoms with Crippen LogP contribution in [-0.2, 0) is 0 Å². The topological polar surface area (TPSA) is 80.5 Å². The monoisotopic (exact) mass is 399 g/mol. The number of aromatic nitrogens is 1. The first-order valence-electron chi connectivity index (χ1n) is 9.35. The molecule has 1 aromatic heterocycles. The van der Waals surface area contributed by atoms with Gasteiger partial charge >= 0.3 is 0 Å². The van der Waals surface area contributed by atoms with Crippen molar-refractivity contribution in [1.82, 2.24) is 9.58 Å². The van der Waals surface area contributed by atoms with Crippen LogP contribution >= 0.6 is 0 Å². The number of quaternary nitrogens is 1. The number of hydrogen-bond donors (Lipinski definition) is 1. The Balaban J connectivity index is 1.61. The second-order valence-corrected chi connectivity index (χ2v) is 6.73. The van der Waals surface area contributed by atoms with Crippen LogP contribution in [0.5, 0.6) is 11.5 Å². The molecule has 0 fully saturated rings. The number of rotatable bonds is 4. The van der Waals surface area contributed by atoms with Gasteiger partial charge in [-0.05, 0) is 23.3 Å². The largest absolute Gasteiger partial charge is 0.497 e. The van der Waals surface area contributed by atoms with Crippen molar-refractivity contribution in [3.8, 4) is 11.5 Å². The maximum Gasteiger partial charge on any atom is 0.287 e. The fourth-order valence-electron chi connectivity index (χ4n) is 3.58. The Kier molecular flexibility index (Phi) is 4.26. The van der Waals surface area contributed by atoms with E-state index in [2.05, 4.69) is 15.3 Å². The van der Waals surface area contributed by atoms with Crippen LogP contribution in [0.4, 0.5) is 11.4 Å². The maximum absolute atomic E-state index is 5.35. The minimum absolute atomic E-state index is 0.0793. The first-order valence-corrected chi connectivity index (χ1v) is 9.35. The van der Waals surface area contributed by atoms with E-state index in [9.17, 15) is 0 Å². The number of guanidine groups is 1. The second kappa shape index (κ2) is 7.09. The highest BCUT2D eigenvalue weighted by Gasteiger charge is 2.43. The third-order valence-corrected chi connectivity index (χ3v) is 4.98. The minimum Gasteiger partial charge on any atom is -0.497 e. The van der Waals surface area contributed by atoms with Gasteiger partial charge in [0.15, 0.2) is 11.9 Å². The van der Waals surface area contributed by atoms with Gasteiger partial charge in [-0.25, -0.2) is 0 Å². The van der Waals surface area contributed by atoms with Crippen molar-refractivity contribution in [2.45, 2.75) is 0 Å². The van der Waals surface area contributed by atoms with Crippen LogP contribution in [0.2, 0.25) is 0 Å². The highest BCUT2D eigenvalue weighted by atomic mass is 16.5. The maximum atomic E-state index is 5.35. The number of amidine groups is 1. The summed E-state index contributed by atoms with van der Waals surface area (Å²) in [5, 5.41) is 9.19. The van der Waals surface area contributed by atoms with Crippen molar-refractivity contribution in [2.75, 3.05) is 19.5 Å². The van der Waals surface area contributed by atoms with E-state index < -0.39 is 0 Å². The number of fused-ring (bicyclic) bond motifs is 2. The Labute approximate surface area is 173 Å². The van der Waals surface area contributed by atoms with Gasteiger partial charge in [-0.2, -0.15) is 4.99 Å². The molecule has 3 aromatic rings. The van der Waals surface area contributed by atoms with E-state index in [1.165, 1.54) is 0 Å². The molecule has 0 amide bonds. The summed E-state index contributed by atoms with van der Waals surface area (Å²) in [5.41, 5.74) is 2.60. The average Bonchev–Trinajstić information content (AvgIpc) is 3.17. The summed E-state index contributed by atoms with van der Waals surface area (Å²) < 4.78 is 10.8. The molecule has 1 N–H and O–H groups in total. The van der Waals surface area contributed by atoms with Gasteiger partial charge in [0.25, 0.3) is 11.8 Å². The molecule has 2 aliphatic rings. The highest BCUT2D eigenvalue weighted by molar-refractivity contribution is 6.39. The molecule has 8 nitrogen and oxygen atoms in total. The van der Waals surface area contributed by atoms with Crippen molar-refractivity contribution < 1.29 is 9.47 Å². The summed E-state index contributed by atoms with van der Waals surface area (Å²) in [4.78, 5) is 13.4. The molecular formula is C22H19N6O2+. The van der Waals surface area contributed by atoms with Crippen LogP contribution in [0.1, 0.15) is 0 Å². The van der Waals surface area contributed by atoms with Crippen LogP contribution < -0.4 is 19.4 Å². The normalized spacial score (nSPS) is 19.3. The molecule has 0 saturated heterocycles. The summed E-state index contributed by atoms with van der Waals surface area (Å²) in [5.74, 6) is 2.49. The van der Waals surface area contributed by atoms with Crippen molar-refractivity contribution in [2.24, 2.45) is 15.1 Å². The standard InChI is InChI=1S/C22H19N6O2/c1-29-16-11-15(12-17(13-16)30-2)25-22-26-21-14-23-9-10-28(21,27-22)20-7-3-6-19-18(20)5-4-8-24-19/h3-14H,1-2H3,(H,25,27)/q+1. The number of benzene rings is 2. The van der Waals surface area contributed by atoms with Crippen LogP contribution in [0.25, 0.3) is 10.9 Å². The molecule has 148 valence electrons. The lowest BCUT2D eigenvalue weighted by Crippen LogP contribution is -2.44. The molecule has 0 aliphatic carbocycles. The molecular weight excluding hydrogens is 380 g/mol. The van der Waals surface area contributed by atoms with Crippen molar-refractivity contribution >= 4 is 40.3 Å². The van der Waals surface area contributed by atoms with Crippen LogP contribution in [0.15, 0.2) is 82.2 Å². The number of hydrogen-bond acceptors (Lipinski definition) is 7. The Morgan fingerprint density at radius 3 is 2.60 bits per heavy atom. The fraction of sp³-hybridized carbons (Fsp3) is 0.0909. The first kappa shape index (κ1) is 18.0. The molecule has 30 heavy (non-hydrogen) atoms. The number of nitrogens with zero attached hydrogens (tertiary/aromatic N) is 5. The van der Waals surface area contributed by atoms with E-state index in [4.69, 9.17) is 19.6 Å². The molecule has 0 spiro atoms. The number of aliphatic imine (C=N–C) groups is 2.